The molecule has 4 rings (SSSR count). The third-order valence-corrected chi connectivity index (χ3v) is 5.28. The molecule has 2 heterocycles. The molecule has 0 aliphatic carbocycles. The Balaban J connectivity index is 1.63. The lowest BCUT2D eigenvalue weighted by atomic mass is 10.2. The number of carbonyl (C=O) groups is 1. The first-order valence-corrected chi connectivity index (χ1v) is 9.83. The minimum atomic E-state index is -0.358. The molecule has 2 aromatic carbocycles. The van der Waals surface area contributed by atoms with E-state index in [2.05, 4.69) is 15.3 Å². The molecule has 1 aromatic heterocycles. The summed E-state index contributed by atoms with van der Waals surface area (Å²) in [5.41, 5.74) is 0.237. The Morgan fingerprint density at radius 3 is 2.59 bits per heavy atom. The molecule has 0 radical (unpaired) electrons. The number of rotatable bonds is 5. The number of ether oxygens (including phenoxy) is 1. The van der Waals surface area contributed by atoms with Gasteiger partial charge in [0.05, 0.1) is 17.5 Å². The van der Waals surface area contributed by atoms with Crippen LogP contribution in [0.4, 0.5) is 11.5 Å². The lowest BCUT2D eigenvalue weighted by molar-refractivity contribution is -0.117. The van der Waals surface area contributed by atoms with E-state index in [1.165, 1.54) is 11.8 Å². The first-order valence-electron chi connectivity index (χ1n) is 9.45. The van der Waals surface area contributed by atoms with Crippen LogP contribution in [-0.4, -0.2) is 35.9 Å². The van der Waals surface area contributed by atoms with Gasteiger partial charge in [0.2, 0.25) is 5.91 Å². The van der Waals surface area contributed by atoms with Crippen LogP contribution in [0.5, 0.6) is 5.75 Å². The SMILES string of the molecule is COc1ccc(NC(=O)Cn2nc(N3CCCC3)c3ccccc3c2=O)cc1Cl. The molecule has 1 aliphatic rings. The van der Waals surface area contributed by atoms with E-state index in [4.69, 9.17) is 16.3 Å². The molecular formula is C21H21ClN4O3. The van der Waals surface area contributed by atoms with Crippen molar-refractivity contribution in [2.45, 2.75) is 19.4 Å². The molecule has 1 saturated heterocycles. The molecule has 1 aliphatic heterocycles. The van der Waals surface area contributed by atoms with E-state index in [1.54, 1.807) is 24.3 Å². The van der Waals surface area contributed by atoms with Crippen molar-refractivity contribution in [1.82, 2.24) is 9.78 Å². The van der Waals surface area contributed by atoms with E-state index in [-0.39, 0.29) is 18.0 Å². The molecule has 7 nitrogen and oxygen atoms in total. The molecule has 0 bridgehead atoms. The Hall–Kier alpha value is -3.06. The van der Waals surface area contributed by atoms with Crippen molar-refractivity contribution in [3.05, 3.63) is 57.8 Å². The zero-order valence-corrected chi connectivity index (χ0v) is 16.8. The van der Waals surface area contributed by atoms with E-state index in [0.29, 0.717) is 21.8 Å². The summed E-state index contributed by atoms with van der Waals surface area (Å²) < 4.78 is 6.35. The normalized spacial score (nSPS) is 13.7. The first kappa shape index (κ1) is 19.3. The van der Waals surface area contributed by atoms with Gasteiger partial charge < -0.3 is 15.0 Å². The van der Waals surface area contributed by atoms with Crippen LogP contribution in [0, 0.1) is 0 Å². The second-order valence-corrected chi connectivity index (χ2v) is 7.33. The standard InChI is InChI=1S/C21H21ClN4O3/c1-29-18-9-8-14(12-17(18)22)23-19(27)13-26-21(28)16-7-3-2-6-15(16)20(24-26)25-10-4-5-11-25/h2-3,6-9,12H,4-5,10-11,13H2,1H3,(H,23,27). The summed E-state index contributed by atoms with van der Waals surface area (Å²) in [7, 11) is 1.52. The smallest absolute Gasteiger partial charge is 0.275 e. The van der Waals surface area contributed by atoms with Crippen LogP contribution in [0.25, 0.3) is 10.8 Å². The summed E-state index contributed by atoms with van der Waals surface area (Å²) in [6.45, 7) is 1.60. The van der Waals surface area contributed by atoms with Crippen molar-refractivity contribution in [2.24, 2.45) is 0 Å². The van der Waals surface area contributed by atoms with Gasteiger partial charge in [-0.3, -0.25) is 9.59 Å². The van der Waals surface area contributed by atoms with Gasteiger partial charge in [-0.05, 0) is 37.1 Å². The summed E-state index contributed by atoms with van der Waals surface area (Å²) >= 11 is 6.11. The van der Waals surface area contributed by atoms with Crippen molar-refractivity contribution < 1.29 is 9.53 Å². The third kappa shape index (κ3) is 3.91. The van der Waals surface area contributed by atoms with E-state index in [1.807, 2.05) is 18.2 Å². The Bertz CT molecular complexity index is 1120. The van der Waals surface area contributed by atoms with E-state index >= 15 is 0 Å². The number of nitrogens with zero attached hydrogens (tertiary/aromatic N) is 3. The maximum atomic E-state index is 12.9. The van der Waals surface area contributed by atoms with Gasteiger partial charge in [0.1, 0.15) is 12.3 Å². The largest absolute Gasteiger partial charge is 0.495 e. The van der Waals surface area contributed by atoms with Crippen molar-refractivity contribution in [1.29, 1.82) is 0 Å². The molecule has 0 saturated carbocycles. The fraction of sp³-hybridized carbons (Fsp3) is 0.286. The van der Waals surface area contributed by atoms with E-state index in [9.17, 15) is 9.59 Å². The topological polar surface area (TPSA) is 76.5 Å². The van der Waals surface area contributed by atoms with Crippen LogP contribution in [0.3, 0.4) is 0 Å². The Morgan fingerprint density at radius 2 is 1.90 bits per heavy atom. The highest BCUT2D eigenvalue weighted by Gasteiger charge is 2.20. The number of hydrogen-bond donors (Lipinski definition) is 1. The maximum absolute atomic E-state index is 12.9. The highest BCUT2D eigenvalue weighted by molar-refractivity contribution is 6.32. The zero-order valence-electron chi connectivity index (χ0n) is 16.0. The van der Waals surface area contributed by atoms with Crippen molar-refractivity contribution in [2.75, 3.05) is 30.4 Å². The molecule has 1 N–H and O–H groups in total. The van der Waals surface area contributed by atoms with Crippen LogP contribution in [0.1, 0.15) is 12.8 Å². The molecule has 0 unspecified atom stereocenters. The minimum Gasteiger partial charge on any atom is -0.495 e. The number of amides is 1. The highest BCUT2D eigenvalue weighted by atomic mass is 35.5. The highest BCUT2D eigenvalue weighted by Crippen LogP contribution is 2.27. The predicted molar refractivity (Wildman–Crippen MR) is 114 cm³/mol. The van der Waals surface area contributed by atoms with E-state index in [0.717, 1.165) is 37.1 Å². The molecule has 0 spiro atoms. The average Bonchev–Trinajstić information content (AvgIpc) is 3.25. The van der Waals surface area contributed by atoms with Crippen molar-refractivity contribution in [3.63, 3.8) is 0 Å². The lowest BCUT2D eigenvalue weighted by Gasteiger charge is -2.19. The molecule has 3 aromatic rings. The summed E-state index contributed by atoms with van der Waals surface area (Å²) in [5.74, 6) is 0.911. The number of halogens is 1. The summed E-state index contributed by atoms with van der Waals surface area (Å²) in [6.07, 6.45) is 2.18. The molecule has 0 atom stereocenters. The van der Waals surface area contributed by atoms with Gasteiger partial charge in [0.25, 0.3) is 5.56 Å². The van der Waals surface area contributed by atoms with Gasteiger partial charge in [-0.2, -0.15) is 5.10 Å². The Morgan fingerprint density at radius 1 is 1.17 bits per heavy atom. The van der Waals surface area contributed by atoms with Gasteiger partial charge in [0, 0.05) is 24.2 Å². The fourth-order valence-corrected chi connectivity index (χ4v) is 3.83. The fourth-order valence-electron chi connectivity index (χ4n) is 3.57. The Kier molecular flexibility index (Phi) is 5.40. The number of benzene rings is 2. The van der Waals surface area contributed by atoms with Crippen LogP contribution in [0.2, 0.25) is 5.02 Å². The number of methoxy groups -OCH3 is 1. The zero-order chi connectivity index (χ0) is 20.4. The number of fused-ring (bicyclic) bond motifs is 1. The summed E-state index contributed by atoms with van der Waals surface area (Å²) in [5, 5.41) is 9.06. The summed E-state index contributed by atoms with van der Waals surface area (Å²) in [6, 6.07) is 12.4. The van der Waals surface area contributed by atoms with Crippen LogP contribution < -0.4 is 20.5 Å². The number of aromatic nitrogens is 2. The van der Waals surface area contributed by atoms with Crippen LogP contribution >= 0.6 is 11.6 Å². The van der Waals surface area contributed by atoms with Crippen molar-refractivity contribution in [3.8, 4) is 5.75 Å². The second kappa shape index (κ2) is 8.13. The summed E-state index contributed by atoms with van der Waals surface area (Å²) in [4.78, 5) is 27.6. The minimum absolute atomic E-state index is 0.186. The third-order valence-electron chi connectivity index (χ3n) is 4.98. The number of carbonyl (C=O) groups excluding carboxylic acids is 1. The van der Waals surface area contributed by atoms with Crippen LogP contribution in [-0.2, 0) is 11.3 Å². The second-order valence-electron chi connectivity index (χ2n) is 6.92. The number of anilines is 2. The molecule has 8 heteroatoms. The van der Waals surface area contributed by atoms with Gasteiger partial charge in [0.15, 0.2) is 5.82 Å². The molecular weight excluding hydrogens is 392 g/mol. The molecule has 1 fully saturated rings. The first-order chi connectivity index (χ1) is 14.1. The molecule has 29 heavy (non-hydrogen) atoms. The molecule has 150 valence electrons. The van der Waals surface area contributed by atoms with Crippen LogP contribution in [0.15, 0.2) is 47.3 Å². The monoisotopic (exact) mass is 412 g/mol. The lowest BCUT2D eigenvalue weighted by Crippen LogP contribution is -2.32. The number of hydrogen-bond acceptors (Lipinski definition) is 5. The van der Waals surface area contributed by atoms with E-state index < -0.39 is 0 Å². The van der Waals surface area contributed by atoms with Gasteiger partial charge in [-0.15, -0.1) is 0 Å². The maximum Gasteiger partial charge on any atom is 0.275 e. The molecule has 1 amide bonds. The van der Waals surface area contributed by atoms with Gasteiger partial charge in [-0.25, -0.2) is 4.68 Å². The van der Waals surface area contributed by atoms with Gasteiger partial charge in [-0.1, -0.05) is 29.8 Å². The average molecular weight is 413 g/mol. The van der Waals surface area contributed by atoms with Crippen molar-refractivity contribution >= 4 is 39.8 Å². The quantitative estimate of drug-likeness (QED) is 0.695. The van der Waals surface area contributed by atoms with Gasteiger partial charge >= 0.3 is 0 Å². The number of nitrogens with one attached hydrogen (secondary N) is 1. The Labute approximate surface area is 172 Å². The predicted octanol–water partition coefficient (Wildman–Crippen LogP) is 3.30.